The third-order valence-electron chi connectivity index (χ3n) is 2.16. The van der Waals surface area contributed by atoms with Crippen molar-refractivity contribution >= 4 is 5.91 Å². The van der Waals surface area contributed by atoms with Gasteiger partial charge in [0.2, 0.25) is 5.91 Å². The van der Waals surface area contributed by atoms with Gasteiger partial charge in [0, 0.05) is 6.42 Å². The molecule has 1 N–H and O–H groups in total. The average molecular weight is 157 g/mol. The molecule has 0 radical (unpaired) electrons. The predicted octanol–water partition coefficient (Wildman–Crippen LogP) is 1.24. The fraction of sp³-hybridized carbons (Fsp3) is 0.875. The summed E-state index contributed by atoms with van der Waals surface area (Å²) in [7, 11) is 1.46. The lowest BCUT2D eigenvalue weighted by molar-refractivity contribution is -0.132. The highest BCUT2D eigenvalue weighted by Crippen LogP contribution is 2.27. The molecule has 0 bridgehead atoms. The zero-order valence-electron chi connectivity index (χ0n) is 6.93. The van der Waals surface area contributed by atoms with E-state index in [1.54, 1.807) is 0 Å². The van der Waals surface area contributed by atoms with Crippen molar-refractivity contribution in [2.75, 3.05) is 7.11 Å². The smallest absolute Gasteiger partial charge is 0.243 e. The minimum atomic E-state index is 0.0133. The van der Waals surface area contributed by atoms with Crippen molar-refractivity contribution in [3.63, 3.8) is 0 Å². The summed E-state index contributed by atoms with van der Waals surface area (Å²) >= 11 is 0. The van der Waals surface area contributed by atoms with Crippen molar-refractivity contribution < 1.29 is 9.63 Å². The molecule has 0 saturated heterocycles. The summed E-state index contributed by atoms with van der Waals surface area (Å²) in [6.07, 6.45) is 5.61. The van der Waals surface area contributed by atoms with Gasteiger partial charge in [-0.2, -0.15) is 0 Å². The molecule has 0 atom stereocenters. The maximum atomic E-state index is 11.0. The van der Waals surface area contributed by atoms with Gasteiger partial charge in [-0.15, -0.1) is 0 Å². The van der Waals surface area contributed by atoms with Crippen molar-refractivity contribution in [2.24, 2.45) is 5.92 Å². The van der Waals surface area contributed by atoms with Gasteiger partial charge in [-0.3, -0.25) is 9.63 Å². The maximum absolute atomic E-state index is 11.0. The minimum Gasteiger partial charge on any atom is -0.277 e. The first kappa shape index (κ1) is 8.53. The second kappa shape index (κ2) is 4.34. The Morgan fingerprint density at radius 1 is 1.55 bits per heavy atom. The first-order valence-electron chi connectivity index (χ1n) is 4.14. The van der Waals surface area contributed by atoms with Gasteiger partial charge in [0.15, 0.2) is 0 Å². The molecule has 3 heteroatoms. The van der Waals surface area contributed by atoms with E-state index in [1.165, 1.54) is 32.8 Å². The van der Waals surface area contributed by atoms with Crippen LogP contribution in [-0.4, -0.2) is 13.0 Å². The number of hydrogen-bond donors (Lipinski definition) is 1. The van der Waals surface area contributed by atoms with Crippen LogP contribution in [0.2, 0.25) is 0 Å². The van der Waals surface area contributed by atoms with Gasteiger partial charge in [0.1, 0.15) is 0 Å². The highest BCUT2D eigenvalue weighted by Gasteiger charge is 2.17. The fourth-order valence-corrected chi connectivity index (χ4v) is 1.63. The molecule has 0 unspecified atom stereocenters. The molecule has 0 spiro atoms. The number of nitrogens with one attached hydrogen (secondary N) is 1. The Morgan fingerprint density at radius 2 is 2.18 bits per heavy atom. The van der Waals surface area contributed by atoms with Gasteiger partial charge < -0.3 is 0 Å². The van der Waals surface area contributed by atoms with E-state index < -0.39 is 0 Å². The van der Waals surface area contributed by atoms with Crippen LogP contribution in [0.3, 0.4) is 0 Å². The van der Waals surface area contributed by atoms with Crippen LogP contribution in [0.25, 0.3) is 0 Å². The van der Waals surface area contributed by atoms with Crippen molar-refractivity contribution in [1.82, 2.24) is 5.48 Å². The first-order valence-corrected chi connectivity index (χ1v) is 4.14. The summed E-state index contributed by atoms with van der Waals surface area (Å²) < 4.78 is 0. The van der Waals surface area contributed by atoms with Crippen molar-refractivity contribution in [3.05, 3.63) is 0 Å². The molecule has 1 aliphatic carbocycles. The average Bonchev–Trinajstić information content (AvgIpc) is 2.40. The highest BCUT2D eigenvalue weighted by molar-refractivity contribution is 5.75. The number of carbonyl (C=O) groups excluding carboxylic acids is 1. The van der Waals surface area contributed by atoms with Crippen LogP contribution in [-0.2, 0) is 9.63 Å². The number of amides is 1. The Kier molecular flexibility index (Phi) is 3.36. The van der Waals surface area contributed by atoms with E-state index in [-0.39, 0.29) is 5.91 Å². The van der Waals surface area contributed by atoms with Crippen LogP contribution < -0.4 is 5.48 Å². The Bertz CT molecular complexity index is 130. The molecule has 0 aromatic heterocycles. The molecular formula is C8H15NO2. The standard InChI is InChI=1S/C8H15NO2/c1-11-9-8(10)6-7-4-2-3-5-7/h7H,2-6H2,1H3,(H,9,10). The molecular weight excluding hydrogens is 142 g/mol. The number of carbonyl (C=O) groups is 1. The normalized spacial score (nSPS) is 18.6. The van der Waals surface area contributed by atoms with E-state index in [9.17, 15) is 4.79 Å². The summed E-state index contributed by atoms with van der Waals surface area (Å²) in [6.45, 7) is 0. The molecule has 0 heterocycles. The molecule has 1 amide bonds. The highest BCUT2D eigenvalue weighted by atomic mass is 16.6. The zero-order valence-corrected chi connectivity index (χ0v) is 6.93. The first-order chi connectivity index (χ1) is 5.33. The minimum absolute atomic E-state index is 0.0133. The molecule has 3 nitrogen and oxygen atoms in total. The second-order valence-corrected chi connectivity index (χ2v) is 3.08. The van der Waals surface area contributed by atoms with E-state index in [0.29, 0.717) is 12.3 Å². The summed E-state index contributed by atoms with van der Waals surface area (Å²) in [6, 6.07) is 0. The van der Waals surface area contributed by atoms with Gasteiger partial charge in [0.25, 0.3) is 0 Å². The van der Waals surface area contributed by atoms with Crippen molar-refractivity contribution in [1.29, 1.82) is 0 Å². The lowest BCUT2D eigenvalue weighted by Crippen LogP contribution is -2.23. The molecule has 1 aliphatic rings. The summed E-state index contributed by atoms with van der Waals surface area (Å²) in [5, 5.41) is 0. The topological polar surface area (TPSA) is 38.3 Å². The Hall–Kier alpha value is -0.570. The molecule has 0 aromatic rings. The van der Waals surface area contributed by atoms with Crippen LogP contribution >= 0.6 is 0 Å². The third kappa shape index (κ3) is 2.89. The lowest BCUT2D eigenvalue weighted by atomic mass is 10.0. The van der Waals surface area contributed by atoms with Crippen molar-refractivity contribution in [2.45, 2.75) is 32.1 Å². The predicted molar refractivity (Wildman–Crippen MR) is 41.7 cm³/mol. The zero-order chi connectivity index (χ0) is 8.10. The van der Waals surface area contributed by atoms with Crippen LogP contribution in [0.15, 0.2) is 0 Å². The lowest BCUT2D eigenvalue weighted by Gasteiger charge is -2.06. The third-order valence-corrected chi connectivity index (χ3v) is 2.16. The van der Waals surface area contributed by atoms with Gasteiger partial charge >= 0.3 is 0 Å². The van der Waals surface area contributed by atoms with Gasteiger partial charge in [-0.25, -0.2) is 5.48 Å². The SMILES string of the molecule is CONC(=O)CC1CCCC1. The largest absolute Gasteiger partial charge is 0.277 e. The van der Waals surface area contributed by atoms with Crippen LogP contribution in [0.4, 0.5) is 0 Å². The Morgan fingerprint density at radius 3 is 2.73 bits per heavy atom. The monoisotopic (exact) mass is 157 g/mol. The number of hydroxylamine groups is 1. The quantitative estimate of drug-likeness (QED) is 0.626. The van der Waals surface area contributed by atoms with E-state index >= 15 is 0 Å². The number of rotatable bonds is 3. The molecule has 64 valence electrons. The molecule has 1 saturated carbocycles. The summed E-state index contributed by atoms with van der Waals surface area (Å²) in [5.74, 6) is 0.615. The van der Waals surface area contributed by atoms with E-state index in [4.69, 9.17) is 0 Å². The van der Waals surface area contributed by atoms with Gasteiger partial charge in [-0.05, 0) is 18.8 Å². The van der Waals surface area contributed by atoms with Crippen LogP contribution in [0.1, 0.15) is 32.1 Å². The molecule has 0 aliphatic heterocycles. The molecule has 1 fully saturated rings. The number of hydrogen-bond acceptors (Lipinski definition) is 2. The summed E-state index contributed by atoms with van der Waals surface area (Å²) in [4.78, 5) is 15.5. The van der Waals surface area contributed by atoms with Crippen LogP contribution in [0.5, 0.6) is 0 Å². The van der Waals surface area contributed by atoms with E-state index in [2.05, 4.69) is 10.3 Å². The van der Waals surface area contributed by atoms with Crippen molar-refractivity contribution in [3.8, 4) is 0 Å². The van der Waals surface area contributed by atoms with Crippen LogP contribution in [0, 0.1) is 5.92 Å². The Balaban J connectivity index is 2.13. The van der Waals surface area contributed by atoms with Gasteiger partial charge in [0.05, 0.1) is 7.11 Å². The second-order valence-electron chi connectivity index (χ2n) is 3.08. The molecule has 1 rings (SSSR count). The summed E-state index contributed by atoms with van der Waals surface area (Å²) in [5.41, 5.74) is 2.33. The van der Waals surface area contributed by atoms with Gasteiger partial charge in [-0.1, -0.05) is 12.8 Å². The maximum Gasteiger partial charge on any atom is 0.243 e. The molecule has 0 aromatic carbocycles. The Labute approximate surface area is 67.1 Å². The molecule has 11 heavy (non-hydrogen) atoms. The van der Waals surface area contributed by atoms with E-state index in [0.717, 1.165) is 0 Å². The fourth-order valence-electron chi connectivity index (χ4n) is 1.63. The van der Waals surface area contributed by atoms with E-state index in [1.807, 2.05) is 0 Å².